The van der Waals surface area contributed by atoms with Crippen LogP contribution in [0.3, 0.4) is 0 Å². The van der Waals surface area contributed by atoms with Gasteiger partial charge in [0.05, 0.1) is 21.3 Å². The number of methoxy groups -OCH3 is 3. The van der Waals surface area contributed by atoms with Crippen LogP contribution in [0.5, 0.6) is 17.2 Å². The summed E-state index contributed by atoms with van der Waals surface area (Å²) >= 11 is 0. The number of carbonyl (C=O) groups is 1. The summed E-state index contributed by atoms with van der Waals surface area (Å²) in [5.74, 6) is 0.728. The van der Waals surface area contributed by atoms with Crippen LogP contribution in [0, 0.1) is 0 Å². The fourth-order valence-electron chi connectivity index (χ4n) is 1.90. The molecule has 0 heterocycles. The largest absolute Gasteiger partial charge is 0.493 e. The third kappa shape index (κ3) is 3.39. The predicted octanol–water partition coefficient (Wildman–Crippen LogP) is 2.01. The monoisotopic (exact) mass is 297 g/mol. The first-order valence-corrected chi connectivity index (χ1v) is 6.52. The van der Waals surface area contributed by atoms with Crippen molar-refractivity contribution in [3.05, 3.63) is 17.7 Å². The number of hydrogen-bond acceptors (Lipinski definition) is 5. The van der Waals surface area contributed by atoms with Crippen LogP contribution >= 0.6 is 0 Å². The van der Waals surface area contributed by atoms with Crippen LogP contribution in [-0.2, 0) is 11.3 Å². The molecule has 0 aliphatic carbocycles. The second-order valence-electron chi connectivity index (χ2n) is 5.21. The van der Waals surface area contributed by atoms with Crippen molar-refractivity contribution in [1.82, 2.24) is 4.90 Å². The molecular weight excluding hydrogens is 274 g/mol. The second-order valence-corrected chi connectivity index (χ2v) is 5.21. The van der Waals surface area contributed by atoms with Crippen molar-refractivity contribution in [3.63, 3.8) is 0 Å². The first-order chi connectivity index (χ1) is 9.79. The van der Waals surface area contributed by atoms with Crippen LogP contribution in [0.4, 0.5) is 0 Å². The molecule has 1 aromatic carbocycles. The molecule has 0 saturated heterocycles. The highest BCUT2D eigenvalue weighted by Crippen LogP contribution is 2.40. The van der Waals surface area contributed by atoms with E-state index in [1.54, 1.807) is 46.1 Å². The van der Waals surface area contributed by atoms with Crippen molar-refractivity contribution in [3.8, 4) is 17.2 Å². The third-order valence-corrected chi connectivity index (χ3v) is 3.67. The molecule has 0 unspecified atom stereocenters. The Balaban J connectivity index is 3.17. The minimum absolute atomic E-state index is 0.406. The Morgan fingerprint density at radius 3 is 2.14 bits per heavy atom. The van der Waals surface area contributed by atoms with Gasteiger partial charge in [0.1, 0.15) is 5.54 Å². The summed E-state index contributed by atoms with van der Waals surface area (Å²) < 4.78 is 16.0. The summed E-state index contributed by atoms with van der Waals surface area (Å²) in [6.45, 7) is 3.72. The zero-order valence-corrected chi connectivity index (χ0v) is 13.4. The summed E-state index contributed by atoms with van der Waals surface area (Å²) in [4.78, 5) is 13.0. The molecule has 1 rings (SSSR count). The van der Waals surface area contributed by atoms with Gasteiger partial charge in [-0.25, -0.2) is 0 Å². The fraction of sp³-hybridized carbons (Fsp3) is 0.533. The van der Waals surface area contributed by atoms with E-state index in [1.165, 1.54) is 7.11 Å². The zero-order chi connectivity index (χ0) is 16.2. The van der Waals surface area contributed by atoms with Crippen LogP contribution in [0.25, 0.3) is 0 Å². The Hall–Kier alpha value is -1.95. The Kier molecular flexibility index (Phi) is 5.43. The van der Waals surface area contributed by atoms with Crippen LogP contribution in [0.2, 0.25) is 0 Å². The van der Waals surface area contributed by atoms with Gasteiger partial charge in [0.2, 0.25) is 5.75 Å². The number of aliphatic carboxylic acids is 1. The molecule has 0 atom stereocenters. The molecule has 0 spiro atoms. The Bertz CT molecular complexity index is 513. The average molecular weight is 297 g/mol. The van der Waals surface area contributed by atoms with Gasteiger partial charge in [-0.15, -0.1) is 0 Å². The molecule has 0 fully saturated rings. The van der Waals surface area contributed by atoms with Crippen molar-refractivity contribution in [1.29, 1.82) is 0 Å². The summed E-state index contributed by atoms with van der Waals surface area (Å²) in [6, 6.07) is 3.62. The minimum atomic E-state index is -0.988. The lowest BCUT2D eigenvalue weighted by atomic mass is 10.0. The molecule has 0 aliphatic rings. The van der Waals surface area contributed by atoms with E-state index in [-0.39, 0.29) is 0 Å². The quantitative estimate of drug-likeness (QED) is 0.830. The molecule has 6 nitrogen and oxygen atoms in total. The molecular formula is C15H23NO5. The van der Waals surface area contributed by atoms with E-state index in [9.17, 15) is 9.90 Å². The number of benzene rings is 1. The van der Waals surface area contributed by atoms with Gasteiger partial charge in [0.15, 0.2) is 11.5 Å². The van der Waals surface area contributed by atoms with Gasteiger partial charge in [0, 0.05) is 12.1 Å². The smallest absolute Gasteiger partial charge is 0.323 e. The molecule has 6 heteroatoms. The standard InChI is InChI=1S/C15H23NO5/c1-15(2,14(17)18)16(3)9-10-7-8-11(19-4)13(21-6)12(10)20-5/h7-8H,9H2,1-6H3,(H,17,18). The maximum absolute atomic E-state index is 11.3. The summed E-state index contributed by atoms with van der Waals surface area (Å²) in [5, 5.41) is 9.28. The highest BCUT2D eigenvalue weighted by atomic mass is 16.5. The van der Waals surface area contributed by atoms with Crippen molar-refractivity contribution in [2.24, 2.45) is 0 Å². The van der Waals surface area contributed by atoms with Crippen LogP contribution in [0.15, 0.2) is 12.1 Å². The normalized spacial score (nSPS) is 11.4. The van der Waals surface area contributed by atoms with Gasteiger partial charge in [0.25, 0.3) is 0 Å². The van der Waals surface area contributed by atoms with Gasteiger partial charge in [-0.3, -0.25) is 9.69 Å². The molecule has 1 N–H and O–H groups in total. The van der Waals surface area contributed by atoms with E-state index >= 15 is 0 Å². The Morgan fingerprint density at radius 2 is 1.71 bits per heavy atom. The SMILES string of the molecule is COc1ccc(CN(C)C(C)(C)C(=O)O)c(OC)c1OC. The van der Waals surface area contributed by atoms with Crippen LogP contribution in [-0.4, -0.2) is 49.9 Å². The maximum atomic E-state index is 11.3. The van der Waals surface area contributed by atoms with Crippen molar-refractivity contribution in [2.45, 2.75) is 25.9 Å². The predicted molar refractivity (Wildman–Crippen MR) is 79.3 cm³/mol. The first kappa shape index (κ1) is 17.1. The molecule has 118 valence electrons. The summed E-state index contributed by atoms with van der Waals surface area (Å²) in [7, 11) is 6.39. The van der Waals surface area contributed by atoms with E-state index in [0.29, 0.717) is 23.8 Å². The molecule has 0 bridgehead atoms. The third-order valence-electron chi connectivity index (χ3n) is 3.67. The van der Waals surface area contributed by atoms with Crippen LogP contribution in [0.1, 0.15) is 19.4 Å². The fourth-order valence-corrected chi connectivity index (χ4v) is 1.90. The molecule has 0 saturated carbocycles. The summed E-state index contributed by atoms with van der Waals surface area (Å²) in [6.07, 6.45) is 0. The van der Waals surface area contributed by atoms with Gasteiger partial charge in [-0.1, -0.05) is 6.07 Å². The summed E-state index contributed by atoms with van der Waals surface area (Å²) in [5.41, 5.74) is -0.162. The topological polar surface area (TPSA) is 68.2 Å². The number of carboxylic acid groups (broad SMARTS) is 1. The molecule has 1 aromatic rings. The van der Waals surface area contributed by atoms with Gasteiger partial charge >= 0.3 is 5.97 Å². The number of hydrogen-bond donors (Lipinski definition) is 1. The van der Waals surface area contributed by atoms with E-state index in [0.717, 1.165) is 5.56 Å². The van der Waals surface area contributed by atoms with Gasteiger partial charge in [-0.05, 0) is 27.0 Å². The lowest BCUT2D eigenvalue weighted by Crippen LogP contribution is -2.47. The maximum Gasteiger partial charge on any atom is 0.323 e. The highest BCUT2D eigenvalue weighted by molar-refractivity contribution is 5.77. The number of carboxylic acids is 1. The highest BCUT2D eigenvalue weighted by Gasteiger charge is 2.32. The van der Waals surface area contributed by atoms with Gasteiger partial charge in [-0.2, -0.15) is 0 Å². The van der Waals surface area contributed by atoms with Crippen molar-refractivity contribution in [2.75, 3.05) is 28.4 Å². The van der Waals surface area contributed by atoms with Crippen LogP contribution < -0.4 is 14.2 Å². The lowest BCUT2D eigenvalue weighted by Gasteiger charge is -2.32. The van der Waals surface area contributed by atoms with Crippen molar-refractivity contribution >= 4 is 5.97 Å². The molecule has 0 radical (unpaired) electrons. The van der Waals surface area contributed by atoms with Gasteiger partial charge < -0.3 is 19.3 Å². The average Bonchev–Trinajstić information content (AvgIpc) is 2.45. The van der Waals surface area contributed by atoms with E-state index in [1.807, 2.05) is 6.07 Å². The number of likely N-dealkylation sites (N-methyl/N-ethyl adjacent to an activating group) is 1. The number of nitrogens with zero attached hydrogens (tertiary/aromatic N) is 1. The molecule has 0 amide bonds. The minimum Gasteiger partial charge on any atom is -0.493 e. The molecule has 21 heavy (non-hydrogen) atoms. The first-order valence-electron chi connectivity index (χ1n) is 6.52. The van der Waals surface area contributed by atoms with Crippen molar-refractivity contribution < 1.29 is 24.1 Å². The zero-order valence-electron chi connectivity index (χ0n) is 13.4. The number of ether oxygens (including phenoxy) is 3. The second kappa shape index (κ2) is 6.67. The van der Waals surface area contributed by atoms with E-state index in [4.69, 9.17) is 14.2 Å². The van der Waals surface area contributed by atoms with E-state index < -0.39 is 11.5 Å². The van der Waals surface area contributed by atoms with E-state index in [2.05, 4.69) is 0 Å². The number of rotatable bonds is 7. The Morgan fingerprint density at radius 1 is 1.14 bits per heavy atom. The molecule has 0 aromatic heterocycles. The molecule has 0 aliphatic heterocycles. The Labute approximate surface area is 125 Å². The lowest BCUT2D eigenvalue weighted by molar-refractivity contribution is -0.148.